The number of amides is 2. The van der Waals surface area contributed by atoms with Crippen LogP contribution in [0, 0.1) is 0 Å². The second-order valence-electron chi connectivity index (χ2n) is 7.16. The topological polar surface area (TPSA) is 83.2 Å². The van der Waals surface area contributed by atoms with E-state index in [-0.39, 0.29) is 18.1 Å². The van der Waals surface area contributed by atoms with Gasteiger partial charge in [0.15, 0.2) is 0 Å². The fourth-order valence-corrected chi connectivity index (χ4v) is 3.33. The molecule has 9 heteroatoms. The van der Waals surface area contributed by atoms with Crippen molar-refractivity contribution in [1.29, 1.82) is 0 Å². The van der Waals surface area contributed by atoms with Crippen LogP contribution in [0.1, 0.15) is 31.0 Å². The summed E-state index contributed by atoms with van der Waals surface area (Å²) in [6.07, 6.45) is -2.69. The number of benzene rings is 2. The second-order valence-corrected chi connectivity index (χ2v) is 7.16. The highest BCUT2D eigenvalue weighted by Gasteiger charge is 2.31. The Hall–Kier alpha value is -3.49. The molecule has 0 aliphatic carbocycles. The highest BCUT2D eigenvalue weighted by atomic mass is 19.4. The summed E-state index contributed by atoms with van der Waals surface area (Å²) in [5.74, 6) is -1.09. The van der Waals surface area contributed by atoms with Crippen LogP contribution in [0.2, 0.25) is 0 Å². The first kappa shape index (κ1) is 22.2. The number of aromatic amines is 1. The van der Waals surface area contributed by atoms with Crippen molar-refractivity contribution in [3.63, 3.8) is 0 Å². The van der Waals surface area contributed by atoms with Crippen molar-refractivity contribution < 1.29 is 27.5 Å². The highest BCUT2D eigenvalue weighted by Crippen LogP contribution is 2.24. The van der Waals surface area contributed by atoms with Crippen LogP contribution in [-0.4, -0.2) is 29.2 Å². The SMILES string of the molecule is CC(=O)NC(Cc1c[nH]c2ccccc12)C(=O)NC(C)c1ccc(OC(F)(F)F)cc1. The average Bonchev–Trinajstić information content (AvgIpc) is 3.09. The fourth-order valence-electron chi connectivity index (χ4n) is 3.33. The van der Waals surface area contributed by atoms with E-state index in [1.807, 2.05) is 24.3 Å². The third kappa shape index (κ3) is 6.00. The molecule has 0 fully saturated rings. The number of aromatic nitrogens is 1. The van der Waals surface area contributed by atoms with E-state index >= 15 is 0 Å². The lowest BCUT2D eigenvalue weighted by Gasteiger charge is -2.21. The third-order valence-electron chi connectivity index (χ3n) is 4.77. The number of carbonyl (C=O) groups is 2. The number of hydrogen-bond donors (Lipinski definition) is 3. The van der Waals surface area contributed by atoms with Gasteiger partial charge >= 0.3 is 6.36 Å². The van der Waals surface area contributed by atoms with Crippen LogP contribution < -0.4 is 15.4 Å². The Kier molecular flexibility index (Phi) is 6.53. The molecule has 2 aromatic carbocycles. The van der Waals surface area contributed by atoms with Crippen molar-refractivity contribution in [3.8, 4) is 5.75 Å². The molecule has 2 atom stereocenters. The van der Waals surface area contributed by atoms with Gasteiger partial charge in [0.25, 0.3) is 0 Å². The molecule has 1 aromatic heterocycles. The molecule has 0 saturated carbocycles. The first-order valence-electron chi connectivity index (χ1n) is 9.60. The monoisotopic (exact) mass is 433 g/mol. The molecule has 3 N–H and O–H groups in total. The minimum absolute atomic E-state index is 0.278. The molecule has 0 bridgehead atoms. The number of halogens is 3. The summed E-state index contributed by atoms with van der Waals surface area (Å²) in [7, 11) is 0. The maximum Gasteiger partial charge on any atom is 0.573 e. The van der Waals surface area contributed by atoms with Gasteiger partial charge in [-0.3, -0.25) is 9.59 Å². The molecule has 0 aliphatic rings. The predicted octanol–water partition coefficient (Wildman–Crippen LogP) is 3.99. The van der Waals surface area contributed by atoms with E-state index in [0.29, 0.717) is 5.56 Å². The van der Waals surface area contributed by atoms with Crippen LogP contribution in [0.25, 0.3) is 10.9 Å². The number of rotatable bonds is 7. The number of carbonyl (C=O) groups excluding carboxylic acids is 2. The van der Waals surface area contributed by atoms with Gasteiger partial charge in [0.05, 0.1) is 6.04 Å². The Bertz CT molecular complexity index is 1060. The van der Waals surface area contributed by atoms with Gasteiger partial charge in [0, 0.05) is 30.4 Å². The second kappa shape index (κ2) is 9.11. The Morgan fingerprint density at radius 3 is 2.39 bits per heavy atom. The zero-order chi connectivity index (χ0) is 22.6. The van der Waals surface area contributed by atoms with Gasteiger partial charge in [-0.25, -0.2) is 0 Å². The molecule has 0 saturated heterocycles. The van der Waals surface area contributed by atoms with Gasteiger partial charge in [-0.2, -0.15) is 0 Å². The van der Waals surface area contributed by atoms with E-state index in [1.54, 1.807) is 13.1 Å². The molecular weight excluding hydrogens is 411 g/mol. The van der Waals surface area contributed by atoms with Gasteiger partial charge in [-0.15, -0.1) is 13.2 Å². The summed E-state index contributed by atoms with van der Waals surface area (Å²) in [6, 6.07) is 11.6. The summed E-state index contributed by atoms with van der Waals surface area (Å²) >= 11 is 0. The lowest BCUT2D eigenvalue weighted by molar-refractivity contribution is -0.274. The minimum atomic E-state index is -4.77. The van der Waals surface area contributed by atoms with E-state index in [0.717, 1.165) is 16.5 Å². The van der Waals surface area contributed by atoms with E-state index in [2.05, 4.69) is 20.4 Å². The van der Waals surface area contributed by atoms with Crippen LogP contribution in [0.15, 0.2) is 54.7 Å². The van der Waals surface area contributed by atoms with Gasteiger partial charge < -0.3 is 20.4 Å². The van der Waals surface area contributed by atoms with Gasteiger partial charge in [0.1, 0.15) is 11.8 Å². The molecule has 2 unspecified atom stereocenters. The van der Waals surface area contributed by atoms with Crippen molar-refractivity contribution in [2.45, 2.75) is 38.7 Å². The van der Waals surface area contributed by atoms with Crippen molar-refractivity contribution in [2.24, 2.45) is 0 Å². The Labute approximate surface area is 176 Å². The maximum absolute atomic E-state index is 12.9. The van der Waals surface area contributed by atoms with E-state index in [1.165, 1.54) is 31.2 Å². The minimum Gasteiger partial charge on any atom is -0.406 e. The smallest absolute Gasteiger partial charge is 0.406 e. The zero-order valence-corrected chi connectivity index (χ0v) is 16.9. The number of para-hydroxylation sites is 1. The maximum atomic E-state index is 12.9. The standard InChI is InChI=1S/C22H22F3N3O3/c1-13(15-7-9-17(10-8-15)31-22(23,24)25)27-21(30)20(28-14(2)29)11-16-12-26-19-6-4-3-5-18(16)19/h3-10,12-13,20,26H,11H2,1-2H3,(H,27,30)(H,28,29). The average molecular weight is 433 g/mol. The number of alkyl halides is 3. The molecule has 3 aromatic rings. The van der Waals surface area contributed by atoms with Crippen LogP contribution in [0.3, 0.4) is 0 Å². The fraction of sp³-hybridized carbons (Fsp3) is 0.273. The number of ether oxygens (including phenoxy) is 1. The molecule has 164 valence electrons. The summed E-state index contributed by atoms with van der Waals surface area (Å²) in [5.41, 5.74) is 2.40. The van der Waals surface area contributed by atoms with Crippen LogP contribution in [0.4, 0.5) is 13.2 Å². The van der Waals surface area contributed by atoms with Crippen molar-refractivity contribution in [1.82, 2.24) is 15.6 Å². The quantitative estimate of drug-likeness (QED) is 0.527. The summed E-state index contributed by atoms with van der Waals surface area (Å²) in [4.78, 5) is 27.7. The van der Waals surface area contributed by atoms with Crippen molar-refractivity contribution in [2.75, 3.05) is 0 Å². The Balaban J connectivity index is 1.70. The molecule has 6 nitrogen and oxygen atoms in total. The molecule has 2 amide bonds. The highest BCUT2D eigenvalue weighted by molar-refractivity contribution is 5.89. The lowest BCUT2D eigenvalue weighted by Crippen LogP contribution is -2.47. The van der Waals surface area contributed by atoms with Gasteiger partial charge in [-0.1, -0.05) is 30.3 Å². The normalized spacial score (nSPS) is 13.5. The molecule has 0 spiro atoms. The van der Waals surface area contributed by atoms with Crippen molar-refractivity contribution >= 4 is 22.7 Å². The van der Waals surface area contributed by atoms with Gasteiger partial charge in [-0.05, 0) is 36.2 Å². The molecular formula is C22H22F3N3O3. The molecule has 3 rings (SSSR count). The number of nitrogens with one attached hydrogen (secondary N) is 3. The van der Waals surface area contributed by atoms with Crippen LogP contribution >= 0.6 is 0 Å². The lowest BCUT2D eigenvalue weighted by atomic mass is 10.0. The predicted molar refractivity (Wildman–Crippen MR) is 109 cm³/mol. The first-order valence-corrected chi connectivity index (χ1v) is 9.60. The molecule has 31 heavy (non-hydrogen) atoms. The van der Waals surface area contributed by atoms with E-state index < -0.39 is 24.4 Å². The number of fused-ring (bicyclic) bond motifs is 1. The number of hydrogen-bond acceptors (Lipinski definition) is 3. The third-order valence-corrected chi connectivity index (χ3v) is 4.77. The number of H-pyrrole nitrogens is 1. The van der Waals surface area contributed by atoms with E-state index in [4.69, 9.17) is 0 Å². The summed E-state index contributed by atoms with van der Waals surface area (Å²) < 4.78 is 40.8. The van der Waals surface area contributed by atoms with Crippen LogP contribution in [-0.2, 0) is 16.0 Å². The first-order chi connectivity index (χ1) is 14.6. The van der Waals surface area contributed by atoms with E-state index in [9.17, 15) is 22.8 Å². The molecule has 0 radical (unpaired) electrons. The summed E-state index contributed by atoms with van der Waals surface area (Å²) in [5, 5.41) is 6.42. The summed E-state index contributed by atoms with van der Waals surface area (Å²) in [6.45, 7) is 3.03. The van der Waals surface area contributed by atoms with Crippen molar-refractivity contribution in [3.05, 3.63) is 65.9 Å². The molecule has 0 aliphatic heterocycles. The molecule has 1 heterocycles. The zero-order valence-electron chi connectivity index (χ0n) is 16.9. The Morgan fingerprint density at radius 2 is 1.74 bits per heavy atom. The largest absolute Gasteiger partial charge is 0.573 e. The Morgan fingerprint density at radius 1 is 1.06 bits per heavy atom. The van der Waals surface area contributed by atoms with Gasteiger partial charge in [0.2, 0.25) is 11.8 Å². The van der Waals surface area contributed by atoms with Crippen LogP contribution in [0.5, 0.6) is 5.75 Å².